The van der Waals surface area contributed by atoms with E-state index in [1.54, 1.807) is 0 Å². The first-order valence-electron chi connectivity index (χ1n) is 7.77. The summed E-state index contributed by atoms with van der Waals surface area (Å²) in [6.07, 6.45) is 2.67. The number of halogens is 1. The summed E-state index contributed by atoms with van der Waals surface area (Å²) in [5, 5.41) is 4.15. The third kappa shape index (κ3) is 3.62. The van der Waals surface area contributed by atoms with Crippen molar-refractivity contribution in [3.8, 4) is 11.5 Å². The molecule has 2 aliphatic rings. The Morgan fingerprint density at radius 1 is 1.24 bits per heavy atom. The van der Waals surface area contributed by atoms with Gasteiger partial charge in [0.2, 0.25) is 0 Å². The maximum absolute atomic E-state index is 6.25. The van der Waals surface area contributed by atoms with Crippen molar-refractivity contribution in [2.45, 2.75) is 32.4 Å². The van der Waals surface area contributed by atoms with E-state index in [0.29, 0.717) is 30.0 Å². The summed E-state index contributed by atoms with van der Waals surface area (Å²) in [5.41, 5.74) is 1.14. The van der Waals surface area contributed by atoms with Gasteiger partial charge in [0.25, 0.3) is 0 Å². The molecule has 116 valence electrons. The standard InChI is InChI=1S/C16H23ClN2O2/c1-12(19-4-2-3-5-19)10-18-11-13-8-14(17)16-15(9-13)20-6-7-21-16/h8-9,12,18H,2-7,10-11H2,1H3. The molecule has 1 aromatic carbocycles. The van der Waals surface area contributed by atoms with E-state index in [2.05, 4.69) is 17.1 Å². The minimum atomic E-state index is 0.567. The van der Waals surface area contributed by atoms with Crippen LogP contribution < -0.4 is 14.8 Å². The maximum Gasteiger partial charge on any atom is 0.179 e. The van der Waals surface area contributed by atoms with Crippen LogP contribution in [0, 0.1) is 0 Å². The van der Waals surface area contributed by atoms with Gasteiger partial charge in [-0.15, -0.1) is 0 Å². The van der Waals surface area contributed by atoms with Crippen molar-refractivity contribution in [2.24, 2.45) is 0 Å². The molecule has 0 amide bonds. The molecule has 1 fully saturated rings. The van der Waals surface area contributed by atoms with Crippen LogP contribution in [0.15, 0.2) is 12.1 Å². The number of nitrogens with zero attached hydrogens (tertiary/aromatic N) is 1. The van der Waals surface area contributed by atoms with Crippen LogP contribution in [-0.4, -0.2) is 43.8 Å². The number of likely N-dealkylation sites (tertiary alicyclic amines) is 1. The second-order valence-corrected chi connectivity index (χ2v) is 6.23. The molecule has 1 aromatic rings. The topological polar surface area (TPSA) is 33.7 Å². The van der Waals surface area contributed by atoms with Gasteiger partial charge in [-0.05, 0) is 50.6 Å². The molecule has 3 rings (SSSR count). The molecule has 0 radical (unpaired) electrons. The zero-order valence-corrected chi connectivity index (χ0v) is 13.3. The van der Waals surface area contributed by atoms with Crippen LogP contribution in [0.2, 0.25) is 5.02 Å². The van der Waals surface area contributed by atoms with E-state index >= 15 is 0 Å². The first-order chi connectivity index (χ1) is 10.2. The Labute approximate surface area is 131 Å². The number of benzene rings is 1. The molecule has 4 nitrogen and oxygen atoms in total. The summed E-state index contributed by atoms with van der Waals surface area (Å²) in [4.78, 5) is 2.55. The van der Waals surface area contributed by atoms with Gasteiger partial charge in [-0.2, -0.15) is 0 Å². The van der Waals surface area contributed by atoms with Crippen LogP contribution in [0.5, 0.6) is 11.5 Å². The normalized spacial score (nSPS) is 19.7. The minimum Gasteiger partial charge on any atom is -0.486 e. The number of fused-ring (bicyclic) bond motifs is 1. The maximum atomic E-state index is 6.25. The highest BCUT2D eigenvalue weighted by Crippen LogP contribution is 2.38. The van der Waals surface area contributed by atoms with Gasteiger partial charge in [0, 0.05) is 19.1 Å². The smallest absolute Gasteiger partial charge is 0.179 e. The summed E-state index contributed by atoms with van der Waals surface area (Å²) in [6.45, 7) is 7.71. The fourth-order valence-corrected chi connectivity index (χ4v) is 3.29. The molecule has 0 aliphatic carbocycles. The summed E-state index contributed by atoms with van der Waals surface area (Å²) in [6, 6.07) is 4.57. The Kier molecular flexibility index (Phi) is 4.88. The zero-order valence-electron chi connectivity index (χ0n) is 12.5. The largest absolute Gasteiger partial charge is 0.486 e. The highest BCUT2D eigenvalue weighted by Gasteiger charge is 2.18. The van der Waals surface area contributed by atoms with E-state index in [-0.39, 0.29) is 0 Å². The Hall–Kier alpha value is -0.970. The quantitative estimate of drug-likeness (QED) is 0.906. The monoisotopic (exact) mass is 310 g/mol. The van der Waals surface area contributed by atoms with Gasteiger partial charge >= 0.3 is 0 Å². The molecule has 0 aromatic heterocycles. The van der Waals surface area contributed by atoms with E-state index in [1.165, 1.54) is 25.9 Å². The third-order valence-corrected chi connectivity index (χ3v) is 4.47. The highest BCUT2D eigenvalue weighted by atomic mass is 35.5. The third-order valence-electron chi connectivity index (χ3n) is 4.19. The van der Waals surface area contributed by atoms with Gasteiger partial charge in [-0.25, -0.2) is 0 Å². The first-order valence-corrected chi connectivity index (χ1v) is 8.14. The molecular formula is C16H23ClN2O2. The zero-order chi connectivity index (χ0) is 14.7. The van der Waals surface area contributed by atoms with Crippen molar-refractivity contribution >= 4 is 11.6 Å². The summed E-state index contributed by atoms with van der Waals surface area (Å²) < 4.78 is 11.1. The Balaban J connectivity index is 1.54. The Bertz CT molecular complexity index is 489. The molecule has 21 heavy (non-hydrogen) atoms. The number of hydrogen-bond donors (Lipinski definition) is 1. The van der Waals surface area contributed by atoms with Gasteiger partial charge in [0.15, 0.2) is 11.5 Å². The summed E-state index contributed by atoms with van der Waals surface area (Å²) >= 11 is 6.25. The first kappa shape index (κ1) is 14.9. The highest BCUT2D eigenvalue weighted by molar-refractivity contribution is 6.32. The number of hydrogen-bond acceptors (Lipinski definition) is 4. The molecular weight excluding hydrogens is 288 g/mol. The van der Waals surface area contributed by atoms with E-state index in [0.717, 1.165) is 24.4 Å². The second-order valence-electron chi connectivity index (χ2n) is 5.82. The van der Waals surface area contributed by atoms with Crippen LogP contribution >= 0.6 is 11.6 Å². The van der Waals surface area contributed by atoms with Crippen LogP contribution in [0.4, 0.5) is 0 Å². The molecule has 1 atom stereocenters. The molecule has 2 aliphatic heterocycles. The van der Waals surface area contributed by atoms with Crippen molar-refractivity contribution in [1.82, 2.24) is 10.2 Å². The molecule has 0 spiro atoms. The molecule has 1 unspecified atom stereocenters. The van der Waals surface area contributed by atoms with Crippen LogP contribution in [0.1, 0.15) is 25.3 Å². The predicted octanol–water partition coefficient (Wildman–Crippen LogP) is 2.69. The van der Waals surface area contributed by atoms with Crippen molar-refractivity contribution in [1.29, 1.82) is 0 Å². The van der Waals surface area contributed by atoms with Gasteiger partial charge in [0.05, 0.1) is 5.02 Å². The Morgan fingerprint density at radius 2 is 2.00 bits per heavy atom. The van der Waals surface area contributed by atoms with Gasteiger partial charge in [0.1, 0.15) is 13.2 Å². The minimum absolute atomic E-state index is 0.567. The Morgan fingerprint density at radius 3 is 2.81 bits per heavy atom. The van der Waals surface area contributed by atoms with E-state index in [1.807, 2.05) is 12.1 Å². The summed E-state index contributed by atoms with van der Waals surface area (Å²) in [5.74, 6) is 1.44. The van der Waals surface area contributed by atoms with E-state index in [9.17, 15) is 0 Å². The van der Waals surface area contributed by atoms with E-state index < -0.39 is 0 Å². The van der Waals surface area contributed by atoms with Crippen LogP contribution in [0.3, 0.4) is 0 Å². The SMILES string of the molecule is CC(CNCc1cc(Cl)c2c(c1)OCCO2)N1CCCC1. The molecule has 5 heteroatoms. The molecule has 2 heterocycles. The van der Waals surface area contributed by atoms with Crippen LogP contribution in [-0.2, 0) is 6.54 Å². The number of rotatable bonds is 5. The van der Waals surface area contributed by atoms with Crippen molar-refractivity contribution in [2.75, 3.05) is 32.8 Å². The molecule has 0 bridgehead atoms. The molecule has 0 saturated carbocycles. The average Bonchev–Trinajstić information content (AvgIpc) is 3.01. The van der Waals surface area contributed by atoms with Crippen molar-refractivity contribution in [3.05, 3.63) is 22.7 Å². The lowest BCUT2D eigenvalue weighted by atomic mass is 10.2. The lowest BCUT2D eigenvalue weighted by Gasteiger charge is -2.24. The summed E-state index contributed by atoms with van der Waals surface area (Å²) in [7, 11) is 0. The van der Waals surface area contributed by atoms with E-state index in [4.69, 9.17) is 21.1 Å². The number of nitrogens with one attached hydrogen (secondary N) is 1. The van der Waals surface area contributed by atoms with Gasteiger partial charge in [-0.3, -0.25) is 4.90 Å². The number of ether oxygens (including phenoxy) is 2. The fourth-order valence-electron chi connectivity index (χ4n) is 3.00. The van der Waals surface area contributed by atoms with Crippen LogP contribution in [0.25, 0.3) is 0 Å². The fraction of sp³-hybridized carbons (Fsp3) is 0.625. The van der Waals surface area contributed by atoms with Gasteiger partial charge < -0.3 is 14.8 Å². The molecule has 1 N–H and O–H groups in total. The average molecular weight is 311 g/mol. The lowest BCUT2D eigenvalue weighted by Crippen LogP contribution is -2.38. The molecule has 1 saturated heterocycles. The van der Waals surface area contributed by atoms with Gasteiger partial charge in [-0.1, -0.05) is 11.6 Å². The van der Waals surface area contributed by atoms with Crippen molar-refractivity contribution < 1.29 is 9.47 Å². The second kappa shape index (κ2) is 6.86. The van der Waals surface area contributed by atoms with Crippen molar-refractivity contribution in [3.63, 3.8) is 0 Å². The lowest BCUT2D eigenvalue weighted by molar-refractivity contribution is 0.171. The predicted molar refractivity (Wildman–Crippen MR) is 84.4 cm³/mol.